The molecule has 0 heterocycles. The third-order valence-corrected chi connectivity index (χ3v) is 2.15. The predicted molar refractivity (Wildman–Crippen MR) is 56.8 cm³/mol. The Morgan fingerprint density at radius 2 is 2.00 bits per heavy atom. The van der Waals surface area contributed by atoms with Crippen molar-refractivity contribution < 1.29 is 5.11 Å². The van der Waals surface area contributed by atoms with E-state index in [1.807, 2.05) is 37.3 Å². The van der Waals surface area contributed by atoms with Crippen LogP contribution >= 0.6 is 11.6 Å². The lowest BCUT2D eigenvalue weighted by Gasteiger charge is -1.99. The van der Waals surface area contributed by atoms with E-state index in [1.165, 1.54) is 0 Å². The van der Waals surface area contributed by atoms with Crippen molar-refractivity contribution >= 4 is 17.7 Å². The molecule has 0 aromatic heterocycles. The fourth-order valence-corrected chi connectivity index (χ4v) is 1.18. The van der Waals surface area contributed by atoms with Gasteiger partial charge in [0.1, 0.15) is 0 Å². The quantitative estimate of drug-likeness (QED) is 0.788. The summed E-state index contributed by atoms with van der Waals surface area (Å²) in [7, 11) is 0. The Hall–Kier alpha value is -0.790. The average Bonchev–Trinajstić information content (AvgIpc) is 2.17. The first-order valence-corrected chi connectivity index (χ1v) is 4.70. The van der Waals surface area contributed by atoms with Crippen LogP contribution < -0.4 is 0 Å². The molecular weight excluding hydrogens is 184 g/mol. The van der Waals surface area contributed by atoms with Gasteiger partial charge in [0.05, 0.1) is 6.61 Å². The number of hydrogen-bond donors (Lipinski definition) is 1. The zero-order valence-electron chi connectivity index (χ0n) is 7.63. The molecule has 1 aromatic rings. The van der Waals surface area contributed by atoms with Crippen molar-refractivity contribution in [3.05, 3.63) is 40.4 Å². The van der Waals surface area contributed by atoms with Crippen LogP contribution in [0.1, 0.15) is 18.9 Å². The number of benzene rings is 1. The summed E-state index contributed by atoms with van der Waals surface area (Å²) in [6.45, 7) is 2.15. The molecular formula is C11H13ClO. The van der Waals surface area contributed by atoms with E-state index in [0.717, 1.165) is 22.6 Å². The molecule has 0 saturated carbocycles. The molecule has 0 bridgehead atoms. The zero-order chi connectivity index (χ0) is 9.68. The summed E-state index contributed by atoms with van der Waals surface area (Å²) >= 11 is 5.75. The summed E-state index contributed by atoms with van der Waals surface area (Å²) in [6.07, 6.45) is 2.86. The summed E-state index contributed by atoms with van der Waals surface area (Å²) < 4.78 is 0. The molecule has 0 radical (unpaired) electrons. The maximum absolute atomic E-state index is 8.95. The highest BCUT2D eigenvalue weighted by molar-refractivity contribution is 6.30. The lowest BCUT2D eigenvalue weighted by Crippen LogP contribution is -1.87. The van der Waals surface area contributed by atoms with E-state index in [1.54, 1.807) is 0 Å². The van der Waals surface area contributed by atoms with Crippen molar-refractivity contribution in [3.63, 3.8) is 0 Å². The van der Waals surface area contributed by atoms with Crippen molar-refractivity contribution in [3.8, 4) is 0 Å². The number of rotatable bonds is 3. The van der Waals surface area contributed by atoms with E-state index in [9.17, 15) is 0 Å². The molecule has 13 heavy (non-hydrogen) atoms. The Morgan fingerprint density at radius 1 is 1.38 bits per heavy atom. The molecule has 0 aliphatic rings. The molecule has 1 rings (SSSR count). The molecule has 0 spiro atoms. The minimum Gasteiger partial charge on any atom is -0.392 e. The van der Waals surface area contributed by atoms with Gasteiger partial charge in [0.2, 0.25) is 0 Å². The van der Waals surface area contributed by atoms with Gasteiger partial charge in [-0.3, -0.25) is 0 Å². The van der Waals surface area contributed by atoms with Gasteiger partial charge in [-0.25, -0.2) is 0 Å². The predicted octanol–water partition coefficient (Wildman–Crippen LogP) is 3.13. The van der Waals surface area contributed by atoms with Gasteiger partial charge in [-0.1, -0.05) is 36.7 Å². The van der Waals surface area contributed by atoms with Crippen molar-refractivity contribution in [1.29, 1.82) is 0 Å². The summed E-state index contributed by atoms with van der Waals surface area (Å²) in [6, 6.07) is 7.57. The topological polar surface area (TPSA) is 20.2 Å². The van der Waals surface area contributed by atoms with Gasteiger partial charge >= 0.3 is 0 Å². The standard InChI is InChI=1S/C11H13ClO/c1-2-9(8-13)7-10-3-5-11(12)6-4-10/h3-7,13H,2,8H2,1H3/b9-7+. The largest absolute Gasteiger partial charge is 0.392 e. The first-order valence-electron chi connectivity index (χ1n) is 4.32. The molecule has 70 valence electrons. The van der Waals surface area contributed by atoms with Crippen LogP contribution in [0.3, 0.4) is 0 Å². The van der Waals surface area contributed by atoms with E-state index in [2.05, 4.69) is 0 Å². The Labute approximate surface area is 83.7 Å². The van der Waals surface area contributed by atoms with Crippen molar-refractivity contribution in [2.45, 2.75) is 13.3 Å². The van der Waals surface area contributed by atoms with E-state index in [-0.39, 0.29) is 6.61 Å². The van der Waals surface area contributed by atoms with Gasteiger partial charge in [-0.2, -0.15) is 0 Å². The van der Waals surface area contributed by atoms with E-state index >= 15 is 0 Å². The Kier molecular flexibility index (Phi) is 4.00. The minimum atomic E-state index is 0.124. The van der Waals surface area contributed by atoms with Crippen molar-refractivity contribution in [2.75, 3.05) is 6.61 Å². The van der Waals surface area contributed by atoms with Crippen molar-refractivity contribution in [2.24, 2.45) is 0 Å². The number of aliphatic hydroxyl groups is 1. The van der Waals surface area contributed by atoms with Crippen LogP contribution in [0.25, 0.3) is 6.08 Å². The molecule has 0 atom stereocenters. The van der Waals surface area contributed by atoms with Gasteiger partial charge in [-0.15, -0.1) is 0 Å². The molecule has 0 fully saturated rings. The van der Waals surface area contributed by atoms with Crippen LogP contribution in [0.4, 0.5) is 0 Å². The van der Waals surface area contributed by atoms with Crippen molar-refractivity contribution in [1.82, 2.24) is 0 Å². The normalized spacial score (nSPS) is 11.8. The second-order valence-corrected chi connectivity index (χ2v) is 3.30. The summed E-state index contributed by atoms with van der Waals surface area (Å²) in [5.74, 6) is 0. The smallest absolute Gasteiger partial charge is 0.0644 e. The maximum atomic E-state index is 8.95. The third kappa shape index (κ3) is 3.21. The van der Waals surface area contributed by atoms with Crippen LogP contribution in [-0.2, 0) is 0 Å². The van der Waals surface area contributed by atoms with Crippen LogP contribution in [0.15, 0.2) is 29.8 Å². The Balaban J connectivity index is 2.84. The number of aliphatic hydroxyl groups excluding tert-OH is 1. The molecule has 2 heteroatoms. The molecule has 0 aliphatic heterocycles. The Morgan fingerprint density at radius 3 is 2.46 bits per heavy atom. The van der Waals surface area contributed by atoms with Gasteiger partial charge in [0.15, 0.2) is 0 Å². The van der Waals surface area contributed by atoms with E-state index in [4.69, 9.17) is 16.7 Å². The van der Waals surface area contributed by atoms with Gasteiger partial charge in [0.25, 0.3) is 0 Å². The first-order chi connectivity index (χ1) is 6.26. The third-order valence-electron chi connectivity index (χ3n) is 1.90. The van der Waals surface area contributed by atoms with Crippen LogP contribution in [0.2, 0.25) is 5.02 Å². The highest BCUT2D eigenvalue weighted by Crippen LogP contribution is 2.13. The lowest BCUT2D eigenvalue weighted by molar-refractivity contribution is 0.329. The number of hydrogen-bond acceptors (Lipinski definition) is 1. The molecule has 1 aromatic carbocycles. The SMILES string of the molecule is CC/C(=C\c1ccc(Cl)cc1)CO. The maximum Gasteiger partial charge on any atom is 0.0644 e. The van der Waals surface area contributed by atoms with E-state index in [0.29, 0.717) is 0 Å². The summed E-state index contributed by atoms with van der Waals surface area (Å²) in [5, 5.41) is 9.68. The average molecular weight is 197 g/mol. The molecule has 0 aliphatic carbocycles. The van der Waals surface area contributed by atoms with Gasteiger partial charge in [-0.05, 0) is 29.7 Å². The monoisotopic (exact) mass is 196 g/mol. The fourth-order valence-electron chi connectivity index (χ4n) is 1.05. The van der Waals surface area contributed by atoms with E-state index < -0.39 is 0 Å². The molecule has 1 nitrogen and oxygen atoms in total. The second kappa shape index (κ2) is 5.05. The van der Waals surface area contributed by atoms with Crippen LogP contribution in [-0.4, -0.2) is 11.7 Å². The molecule has 0 unspecified atom stereocenters. The molecule has 0 saturated heterocycles. The first kappa shape index (κ1) is 10.3. The molecule has 1 N–H and O–H groups in total. The lowest BCUT2D eigenvalue weighted by atomic mass is 10.1. The highest BCUT2D eigenvalue weighted by Gasteiger charge is 1.93. The summed E-state index contributed by atoms with van der Waals surface area (Å²) in [4.78, 5) is 0. The number of halogens is 1. The minimum absolute atomic E-state index is 0.124. The molecule has 0 amide bonds. The zero-order valence-corrected chi connectivity index (χ0v) is 8.38. The Bertz CT molecular complexity index is 281. The second-order valence-electron chi connectivity index (χ2n) is 2.87. The fraction of sp³-hybridized carbons (Fsp3) is 0.273. The highest BCUT2D eigenvalue weighted by atomic mass is 35.5. The van der Waals surface area contributed by atoms with Gasteiger partial charge in [0, 0.05) is 5.02 Å². The van der Waals surface area contributed by atoms with Crippen LogP contribution in [0.5, 0.6) is 0 Å². The van der Waals surface area contributed by atoms with Gasteiger partial charge < -0.3 is 5.11 Å². The summed E-state index contributed by atoms with van der Waals surface area (Å²) in [5.41, 5.74) is 2.11. The van der Waals surface area contributed by atoms with Crippen LogP contribution in [0, 0.1) is 0 Å².